The minimum Gasteiger partial charge on any atom is -0.383 e. The van der Waals surface area contributed by atoms with Gasteiger partial charge in [0.2, 0.25) is 0 Å². The van der Waals surface area contributed by atoms with E-state index in [2.05, 4.69) is 0 Å². The van der Waals surface area contributed by atoms with E-state index < -0.39 is 41.2 Å². The molecule has 3 fully saturated rings. The summed E-state index contributed by atoms with van der Waals surface area (Å²) in [5.74, 6) is -0.739. The second-order valence-corrected chi connectivity index (χ2v) is 5.39. The zero-order chi connectivity index (χ0) is 12.9. The number of hydrogen-bond acceptors (Lipinski definition) is 6. The molecule has 7 nitrogen and oxygen atoms in total. The molecule has 18 heavy (non-hydrogen) atoms. The van der Waals surface area contributed by atoms with Crippen molar-refractivity contribution in [3.05, 3.63) is 10.1 Å². The van der Waals surface area contributed by atoms with E-state index >= 15 is 0 Å². The quantitative estimate of drug-likeness (QED) is 0.500. The first-order valence-corrected chi connectivity index (χ1v) is 6.39. The summed E-state index contributed by atoms with van der Waals surface area (Å²) in [7, 11) is 0. The number of nitrogens with zero attached hydrogens (tertiary/aromatic N) is 1. The van der Waals surface area contributed by atoms with Crippen molar-refractivity contribution in [1.29, 1.82) is 0 Å². The van der Waals surface area contributed by atoms with Crippen LogP contribution in [0.3, 0.4) is 0 Å². The van der Waals surface area contributed by atoms with Crippen LogP contribution in [-0.2, 0) is 9.47 Å². The van der Waals surface area contributed by atoms with Crippen LogP contribution in [-0.4, -0.2) is 51.4 Å². The molecule has 3 rings (SSSR count). The van der Waals surface area contributed by atoms with Gasteiger partial charge in [-0.15, -0.1) is 0 Å². The van der Waals surface area contributed by atoms with Gasteiger partial charge in [0.05, 0.1) is 0 Å². The molecule has 2 N–H and O–H groups in total. The Kier molecular flexibility index (Phi) is 2.81. The summed E-state index contributed by atoms with van der Waals surface area (Å²) >= 11 is 0. The number of nitro groups is 1. The first-order valence-electron chi connectivity index (χ1n) is 6.39. The zero-order valence-corrected chi connectivity index (χ0v) is 9.90. The van der Waals surface area contributed by atoms with E-state index in [4.69, 9.17) is 9.47 Å². The van der Waals surface area contributed by atoms with Crippen molar-refractivity contribution in [3.63, 3.8) is 0 Å². The molecule has 7 heteroatoms. The molecular weight excluding hydrogens is 242 g/mol. The lowest BCUT2D eigenvalue weighted by atomic mass is 9.94. The van der Waals surface area contributed by atoms with Crippen LogP contribution in [0.5, 0.6) is 0 Å². The average molecular weight is 259 g/mol. The Labute approximate surface area is 104 Å². The largest absolute Gasteiger partial charge is 0.383 e. The van der Waals surface area contributed by atoms with E-state index in [1.165, 1.54) is 0 Å². The summed E-state index contributed by atoms with van der Waals surface area (Å²) in [6.45, 7) is 0. The standard InChI is InChI=1S/C11H17NO6/c13-7-6(12(15)16)8(14)10-9(7)17-11(18-10)4-2-1-3-5-11/h6-10,13-14H,1-5H2/t6?,7?,8?,9-,10+. The molecule has 0 aromatic rings. The summed E-state index contributed by atoms with van der Waals surface area (Å²) < 4.78 is 11.5. The van der Waals surface area contributed by atoms with Gasteiger partial charge in [0.1, 0.15) is 12.2 Å². The summed E-state index contributed by atoms with van der Waals surface area (Å²) in [5.41, 5.74) is 0. The fourth-order valence-corrected chi connectivity index (χ4v) is 3.35. The number of aliphatic hydroxyl groups is 2. The fourth-order valence-electron chi connectivity index (χ4n) is 3.35. The maximum atomic E-state index is 10.8. The van der Waals surface area contributed by atoms with Crippen LogP contribution < -0.4 is 0 Å². The summed E-state index contributed by atoms with van der Waals surface area (Å²) in [5, 5.41) is 30.6. The van der Waals surface area contributed by atoms with Crippen molar-refractivity contribution < 1.29 is 24.6 Å². The molecule has 0 bridgehead atoms. The van der Waals surface area contributed by atoms with Crippen molar-refractivity contribution in [3.8, 4) is 0 Å². The second-order valence-electron chi connectivity index (χ2n) is 5.39. The molecule has 1 heterocycles. The molecule has 1 aliphatic heterocycles. The topological polar surface area (TPSA) is 102 Å². The van der Waals surface area contributed by atoms with E-state index in [1.54, 1.807) is 0 Å². The Morgan fingerprint density at radius 3 is 2.00 bits per heavy atom. The van der Waals surface area contributed by atoms with Crippen molar-refractivity contribution in [2.75, 3.05) is 0 Å². The lowest BCUT2D eigenvalue weighted by molar-refractivity contribution is -0.544. The number of hydrogen-bond donors (Lipinski definition) is 2. The maximum Gasteiger partial charge on any atom is 0.269 e. The van der Waals surface area contributed by atoms with Gasteiger partial charge in [-0.25, -0.2) is 0 Å². The molecule has 2 saturated carbocycles. The van der Waals surface area contributed by atoms with E-state index in [0.29, 0.717) is 0 Å². The van der Waals surface area contributed by atoms with Crippen molar-refractivity contribution in [1.82, 2.24) is 0 Å². The minimum absolute atomic E-state index is 0.659. The summed E-state index contributed by atoms with van der Waals surface area (Å²) in [6, 6.07) is -1.42. The van der Waals surface area contributed by atoms with Crippen LogP contribution in [0.2, 0.25) is 0 Å². The highest BCUT2D eigenvalue weighted by molar-refractivity contribution is 5.05. The number of aliphatic hydroxyl groups excluding tert-OH is 2. The third-order valence-electron chi connectivity index (χ3n) is 4.26. The molecule has 3 unspecified atom stereocenters. The predicted octanol–water partition coefficient (Wildman–Crippen LogP) is -0.189. The second kappa shape index (κ2) is 4.12. The van der Waals surface area contributed by atoms with Crippen molar-refractivity contribution >= 4 is 0 Å². The van der Waals surface area contributed by atoms with Gasteiger partial charge in [0.15, 0.2) is 18.0 Å². The van der Waals surface area contributed by atoms with Crippen LogP contribution in [0.1, 0.15) is 32.1 Å². The molecule has 0 amide bonds. The first kappa shape index (κ1) is 12.3. The Morgan fingerprint density at radius 2 is 1.56 bits per heavy atom. The predicted molar refractivity (Wildman–Crippen MR) is 58.4 cm³/mol. The van der Waals surface area contributed by atoms with Gasteiger partial charge in [0.25, 0.3) is 6.04 Å². The molecular formula is C11H17NO6. The minimum atomic E-state index is -1.42. The number of fused-ring (bicyclic) bond motifs is 1. The average Bonchev–Trinajstić information content (AvgIpc) is 2.78. The Bertz CT molecular complexity index is 335. The van der Waals surface area contributed by atoms with Crippen LogP contribution in [0.15, 0.2) is 0 Å². The number of ether oxygens (including phenoxy) is 2. The fraction of sp³-hybridized carbons (Fsp3) is 1.00. The van der Waals surface area contributed by atoms with E-state index in [9.17, 15) is 20.3 Å². The zero-order valence-electron chi connectivity index (χ0n) is 9.90. The smallest absolute Gasteiger partial charge is 0.269 e. The highest BCUT2D eigenvalue weighted by atomic mass is 16.8. The van der Waals surface area contributed by atoms with E-state index in [0.717, 1.165) is 32.1 Å². The normalized spacial score (nSPS) is 46.2. The molecule has 0 aromatic heterocycles. The molecule has 5 atom stereocenters. The van der Waals surface area contributed by atoms with Gasteiger partial charge in [-0.1, -0.05) is 6.42 Å². The third kappa shape index (κ3) is 1.65. The molecule has 0 aromatic carbocycles. The van der Waals surface area contributed by atoms with E-state index in [-0.39, 0.29) is 0 Å². The van der Waals surface area contributed by atoms with Gasteiger partial charge < -0.3 is 19.7 Å². The molecule has 0 radical (unpaired) electrons. The molecule has 102 valence electrons. The first-order chi connectivity index (χ1) is 8.54. The summed E-state index contributed by atoms with van der Waals surface area (Å²) in [4.78, 5) is 10.1. The van der Waals surface area contributed by atoms with Gasteiger partial charge in [-0.2, -0.15) is 0 Å². The van der Waals surface area contributed by atoms with Crippen molar-refractivity contribution in [2.45, 2.75) is 68.3 Å². The molecule has 2 aliphatic carbocycles. The Hall–Kier alpha value is -0.760. The van der Waals surface area contributed by atoms with Gasteiger partial charge >= 0.3 is 0 Å². The molecule has 3 aliphatic rings. The molecule has 1 spiro atoms. The third-order valence-corrected chi connectivity index (χ3v) is 4.26. The maximum absolute atomic E-state index is 10.8. The Balaban J connectivity index is 1.79. The van der Waals surface area contributed by atoms with E-state index in [1.807, 2.05) is 0 Å². The lowest BCUT2D eigenvalue weighted by Crippen LogP contribution is -2.44. The highest BCUT2D eigenvalue weighted by Crippen LogP contribution is 2.46. The lowest BCUT2D eigenvalue weighted by Gasteiger charge is -2.33. The highest BCUT2D eigenvalue weighted by Gasteiger charge is 2.65. The van der Waals surface area contributed by atoms with Crippen LogP contribution in [0.4, 0.5) is 0 Å². The summed E-state index contributed by atoms with van der Waals surface area (Å²) in [6.07, 6.45) is 0.344. The monoisotopic (exact) mass is 259 g/mol. The number of rotatable bonds is 1. The van der Waals surface area contributed by atoms with Crippen molar-refractivity contribution in [2.24, 2.45) is 0 Å². The molecule has 1 saturated heterocycles. The van der Waals surface area contributed by atoms with Crippen LogP contribution in [0, 0.1) is 10.1 Å². The SMILES string of the molecule is O=[N+]([O-])C1C(O)[C@H]2OC3(CCCCC3)O[C@H]2C1O. The Morgan fingerprint density at radius 1 is 1.06 bits per heavy atom. The van der Waals surface area contributed by atoms with Crippen LogP contribution in [0.25, 0.3) is 0 Å². The van der Waals surface area contributed by atoms with Gasteiger partial charge in [-0.05, 0) is 12.8 Å². The van der Waals surface area contributed by atoms with Crippen LogP contribution >= 0.6 is 0 Å². The van der Waals surface area contributed by atoms with Gasteiger partial charge in [0, 0.05) is 17.8 Å². The van der Waals surface area contributed by atoms with Gasteiger partial charge in [-0.3, -0.25) is 10.1 Å².